The predicted molar refractivity (Wildman–Crippen MR) is 121 cm³/mol. The van der Waals surface area contributed by atoms with Crippen LogP contribution in [-0.2, 0) is 10.1 Å². The topological polar surface area (TPSA) is 116 Å². The number of carbonyl (C=O) groups is 1. The number of hydrogen-bond donors (Lipinski definition) is 1. The fraction of sp³-hybridized carbons (Fsp3) is 0.136. The number of thioether (sulfide) groups is 1. The van der Waals surface area contributed by atoms with Gasteiger partial charge >= 0.3 is 10.1 Å². The lowest BCUT2D eigenvalue weighted by molar-refractivity contribution is -0.385. The molecular formula is C22H20N2O6S2. The molecule has 0 aliphatic carbocycles. The number of nitrogens with zero attached hydrogens (tertiary/aromatic N) is 1. The summed E-state index contributed by atoms with van der Waals surface area (Å²) in [5.74, 6) is 0.585. The zero-order valence-electron chi connectivity index (χ0n) is 16.8. The number of nitro groups is 1. The summed E-state index contributed by atoms with van der Waals surface area (Å²) < 4.78 is 29.8. The summed E-state index contributed by atoms with van der Waals surface area (Å²) in [5.41, 5.74) is 0.00433. The van der Waals surface area contributed by atoms with Crippen molar-refractivity contribution in [3.8, 4) is 5.75 Å². The molecule has 1 N–H and O–H groups in total. The molecule has 0 aromatic heterocycles. The van der Waals surface area contributed by atoms with Crippen LogP contribution in [0.15, 0.2) is 88.7 Å². The molecule has 0 aliphatic heterocycles. The number of rotatable bonds is 10. The molecule has 0 saturated carbocycles. The highest BCUT2D eigenvalue weighted by Gasteiger charge is 2.20. The van der Waals surface area contributed by atoms with Crippen molar-refractivity contribution in [3.05, 3.63) is 94.5 Å². The average Bonchev–Trinajstić information content (AvgIpc) is 2.79. The van der Waals surface area contributed by atoms with Gasteiger partial charge in [0.15, 0.2) is 0 Å². The van der Waals surface area contributed by atoms with Crippen molar-refractivity contribution in [1.29, 1.82) is 0 Å². The Labute approximate surface area is 189 Å². The number of benzene rings is 3. The molecule has 166 valence electrons. The van der Waals surface area contributed by atoms with E-state index in [2.05, 4.69) is 5.32 Å². The Morgan fingerprint density at radius 3 is 2.41 bits per heavy atom. The first kappa shape index (κ1) is 23.3. The summed E-state index contributed by atoms with van der Waals surface area (Å²) in [4.78, 5) is 23.3. The molecule has 32 heavy (non-hydrogen) atoms. The second-order valence-electron chi connectivity index (χ2n) is 6.59. The number of nitrogens with one attached hydrogen (secondary N) is 1. The van der Waals surface area contributed by atoms with Crippen molar-refractivity contribution < 1.29 is 22.3 Å². The van der Waals surface area contributed by atoms with E-state index in [0.717, 1.165) is 18.2 Å². The largest absolute Gasteiger partial charge is 0.379 e. The maximum Gasteiger partial charge on any atom is 0.339 e. The van der Waals surface area contributed by atoms with Crippen LogP contribution in [0.25, 0.3) is 0 Å². The van der Waals surface area contributed by atoms with Crippen molar-refractivity contribution in [2.45, 2.75) is 16.2 Å². The van der Waals surface area contributed by atoms with Gasteiger partial charge in [-0.2, -0.15) is 8.42 Å². The molecule has 3 aromatic rings. The van der Waals surface area contributed by atoms with E-state index in [-0.39, 0.29) is 22.2 Å². The molecule has 3 aromatic carbocycles. The zero-order valence-corrected chi connectivity index (χ0v) is 18.5. The Balaban J connectivity index is 1.51. The summed E-state index contributed by atoms with van der Waals surface area (Å²) in [7, 11) is -4.25. The van der Waals surface area contributed by atoms with E-state index in [1.165, 1.54) is 47.4 Å². The van der Waals surface area contributed by atoms with E-state index in [0.29, 0.717) is 12.1 Å². The van der Waals surface area contributed by atoms with Crippen LogP contribution in [0.5, 0.6) is 5.75 Å². The van der Waals surface area contributed by atoms with Gasteiger partial charge < -0.3 is 9.50 Å². The summed E-state index contributed by atoms with van der Waals surface area (Å²) in [6.45, 7) is 0.512. The highest BCUT2D eigenvalue weighted by Crippen LogP contribution is 2.22. The Morgan fingerprint density at radius 1 is 1.00 bits per heavy atom. The van der Waals surface area contributed by atoms with E-state index >= 15 is 0 Å². The van der Waals surface area contributed by atoms with E-state index < -0.39 is 15.0 Å². The van der Waals surface area contributed by atoms with Crippen molar-refractivity contribution in [3.63, 3.8) is 0 Å². The first-order valence-corrected chi connectivity index (χ1v) is 12.0. The lowest BCUT2D eigenvalue weighted by atomic mass is 10.2. The third-order valence-corrected chi connectivity index (χ3v) is 6.60. The second-order valence-corrected chi connectivity index (χ2v) is 9.30. The molecule has 0 radical (unpaired) electrons. The normalized spacial score (nSPS) is 11.0. The van der Waals surface area contributed by atoms with Gasteiger partial charge in [-0.1, -0.05) is 24.3 Å². The summed E-state index contributed by atoms with van der Waals surface area (Å²) in [6.07, 6.45) is 0.800. The molecule has 10 heteroatoms. The fourth-order valence-corrected chi connectivity index (χ4v) is 4.52. The highest BCUT2D eigenvalue weighted by molar-refractivity contribution is 7.99. The average molecular weight is 473 g/mol. The molecule has 0 spiro atoms. The fourth-order valence-electron chi connectivity index (χ4n) is 2.67. The molecule has 0 fully saturated rings. The molecule has 0 heterocycles. The lowest BCUT2D eigenvalue weighted by Gasteiger charge is -2.08. The number of non-ortho nitro benzene ring substituents is 1. The maximum atomic E-state index is 12.4. The smallest absolute Gasteiger partial charge is 0.339 e. The Kier molecular flexibility index (Phi) is 7.85. The van der Waals surface area contributed by atoms with Gasteiger partial charge in [0, 0.05) is 29.1 Å². The minimum Gasteiger partial charge on any atom is -0.379 e. The van der Waals surface area contributed by atoms with Crippen LogP contribution in [0.4, 0.5) is 5.69 Å². The summed E-state index contributed by atoms with van der Waals surface area (Å²) in [5, 5.41) is 13.7. The first-order chi connectivity index (χ1) is 15.3. The second kappa shape index (κ2) is 10.8. The van der Waals surface area contributed by atoms with Crippen LogP contribution >= 0.6 is 11.8 Å². The van der Waals surface area contributed by atoms with Crippen LogP contribution in [0.2, 0.25) is 0 Å². The van der Waals surface area contributed by atoms with Gasteiger partial charge in [0.25, 0.3) is 11.6 Å². The molecule has 0 saturated heterocycles. The van der Waals surface area contributed by atoms with Gasteiger partial charge in [0.05, 0.1) is 4.92 Å². The minimum absolute atomic E-state index is 0.00711. The van der Waals surface area contributed by atoms with Gasteiger partial charge in [-0.25, -0.2) is 0 Å². The molecule has 0 atom stereocenters. The van der Waals surface area contributed by atoms with Crippen molar-refractivity contribution in [2.24, 2.45) is 0 Å². The Morgan fingerprint density at radius 2 is 1.72 bits per heavy atom. The Hall–Kier alpha value is -3.37. The first-order valence-electron chi connectivity index (χ1n) is 9.60. The number of amides is 1. The number of hydrogen-bond acceptors (Lipinski definition) is 7. The van der Waals surface area contributed by atoms with Gasteiger partial charge in [0.2, 0.25) is 0 Å². The molecule has 3 rings (SSSR count). The van der Waals surface area contributed by atoms with Crippen LogP contribution in [0, 0.1) is 10.1 Å². The highest BCUT2D eigenvalue weighted by atomic mass is 32.2. The van der Waals surface area contributed by atoms with Gasteiger partial charge in [-0.15, -0.1) is 11.8 Å². The van der Waals surface area contributed by atoms with Crippen LogP contribution < -0.4 is 9.50 Å². The maximum absolute atomic E-state index is 12.4. The SMILES string of the molecule is O=C(NCCCSc1ccccc1)c1ccc(OS(=O)(=O)c2cccc([N+](=O)[O-])c2)cc1. The monoisotopic (exact) mass is 472 g/mol. The van der Waals surface area contributed by atoms with Crippen LogP contribution in [-0.4, -0.2) is 31.5 Å². The minimum atomic E-state index is -4.25. The lowest BCUT2D eigenvalue weighted by Crippen LogP contribution is -2.24. The van der Waals surface area contributed by atoms with Crippen LogP contribution in [0.3, 0.4) is 0 Å². The van der Waals surface area contributed by atoms with Gasteiger partial charge in [-0.3, -0.25) is 14.9 Å². The van der Waals surface area contributed by atoms with E-state index in [9.17, 15) is 23.3 Å². The molecule has 1 amide bonds. The van der Waals surface area contributed by atoms with Crippen molar-refractivity contribution in [2.75, 3.05) is 12.3 Å². The Bertz CT molecular complexity index is 1180. The summed E-state index contributed by atoms with van der Waals surface area (Å²) >= 11 is 1.71. The quantitative estimate of drug-likeness (QED) is 0.154. The van der Waals surface area contributed by atoms with E-state index in [1.54, 1.807) is 11.8 Å². The third kappa shape index (κ3) is 6.56. The molecule has 0 aliphatic rings. The standard InChI is InChI=1S/C22H20N2O6S2/c25-22(23-14-5-15-31-20-7-2-1-3-8-20)17-10-12-19(13-11-17)30-32(28,29)21-9-4-6-18(16-21)24(26)27/h1-4,6-13,16H,5,14-15H2,(H,23,25). The van der Waals surface area contributed by atoms with Gasteiger partial charge in [-0.05, 0) is 54.6 Å². The molecule has 0 bridgehead atoms. The molecular weight excluding hydrogens is 452 g/mol. The predicted octanol–water partition coefficient (Wildman–Crippen LogP) is 4.27. The van der Waals surface area contributed by atoms with Crippen molar-refractivity contribution >= 4 is 33.5 Å². The zero-order chi connectivity index (χ0) is 23.0. The molecule has 0 unspecified atom stereocenters. The third-order valence-electron chi connectivity index (χ3n) is 4.26. The number of nitro benzene ring substituents is 1. The van der Waals surface area contributed by atoms with E-state index in [1.807, 2.05) is 30.3 Å². The molecule has 8 nitrogen and oxygen atoms in total. The van der Waals surface area contributed by atoms with E-state index in [4.69, 9.17) is 4.18 Å². The van der Waals surface area contributed by atoms with Crippen LogP contribution in [0.1, 0.15) is 16.8 Å². The van der Waals surface area contributed by atoms with Crippen molar-refractivity contribution in [1.82, 2.24) is 5.32 Å². The number of carbonyl (C=O) groups excluding carboxylic acids is 1. The summed E-state index contributed by atoms with van der Waals surface area (Å²) in [6, 6.07) is 20.2. The van der Waals surface area contributed by atoms with Gasteiger partial charge in [0.1, 0.15) is 10.6 Å².